The van der Waals surface area contributed by atoms with Gasteiger partial charge in [-0.3, -0.25) is 14.4 Å². The fraction of sp³-hybridized carbons (Fsp3) is 0.500. The van der Waals surface area contributed by atoms with E-state index in [1.807, 2.05) is 18.2 Å². The highest BCUT2D eigenvalue weighted by atomic mass is 16.6. The number of alkyl carbamates (subject to hydrolysis) is 1. The van der Waals surface area contributed by atoms with E-state index in [2.05, 4.69) is 31.3 Å². The summed E-state index contributed by atoms with van der Waals surface area (Å²) in [7, 11) is 0. The van der Waals surface area contributed by atoms with Crippen LogP contribution in [-0.4, -0.2) is 124 Å². The predicted octanol–water partition coefficient (Wildman–Crippen LogP) is 1.43. The van der Waals surface area contributed by atoms with Crippen molar-refractivity contribution in [3.63, 3.8) is 0 Å². The Kier molecular flexibility index (Phi) is 11.8. The van der Waals surface area contributed by atoms with Crippen LogP contribution < -0.4 is 10.6 Å². The van der Waals surface area contributed by atoms with Crippen molar-refractivity contribution in [2.45, 2.75) is 110 Å². The average molecular weight is 767 g/mol. The molecule has 21 nitrogen and oxygen atoms in total. The van der Waals surface area contributed by atoms with Crippen molar-refractivity contribution in [1.82, 2.24) is 50.4 Å². The number of amides is 6. The van der Waals surface area contributed by atoms with Crippen LogP contribution >= 0.6 is 0 Å². The number of esters is 1. The second-order valence-corrected chi connectivity index (χ2v) is 14.0. The Balaban J connectivity index is 1.18. The van der Waals surface area contributed by atoms with Crippen molar-refractivity contribution >= 4 is 42.0 Å². The zero-order chi connectivity index (χ0) is 40.2. The Bertz CT molecular complexity index is 1940. The van der Waals surface area contributed by atoms with Gasteiger partial charge in [-0.25, -0.2) is 38.3 Å². The van der Waals surface area contributed by atoms with E-state index in [0.29, 0.717) is 0 Å². The molecule has 0 radical (unpaired) electrons. The van der Waals surface area contributed by atoms with Crippen LogP contribution in [0, 0.1) is 0 Å². The minimum Gasteiger partial charge on any atom is -0.456 e. The summed E-state index contributed by atoms with van der Waals surface area (Å²) in [5.74, 6) is -3.07. The first-order valence-corrected chi connectivity index (χ1v) is 17.3. The molecular formula is C34H42N10O11. The van der Waals surface area contributed by atoms with E-state index < -0.39 is 83.9 Å². The lowest BCUT2D eigenvalue weighted by Gasteiger charge is -2.26. The third kappa shape index (κ3) is 9.58. The molecular weight excluding hydrogens is 724 g/mol. The summed E-state index contributed by atoms with van der Waals surface area (Å²) in [6.45, 7) is 10.7. The first-order chi connectivity index (χ1) is 25.9. The van der Waals surface area contributed by atoms with Crippen molar-refractivity contribution < 1.29 is 52.5 Å². The maximum atomic E-state index is 13.5. The topological polar surface area (TPSA) is 248 Å². The number of ether oxygens (including phenoxy) is 4. The van der Waals surface area contributed by atoms with Crippen LogP contribution in [0.4, 0.5) is 14.4 Å². The van der Waals surface area contributed by atoms with Crippen LogP contribution in [0.1, 0.15) is 75.0 Å². The van der Waals surface area contributed by atoms with Crippen LogP contribution in [0.5, 0.6) is 0 Å². The highest BCUT2D eigenvalue weighted by Gasteiger charge is 2.46. The molecule has 1 aromatic carbocycles. The Hall–Kier alpha value is -6.41. The minimum absolute atomic E-state index is 0.0298. The number of cyclic esters (lactones) is 2. The van der Waals surface area contributed by atoms with Gasteiger partial charge in [0, 0.05) is 0 Å². The van der Waals surface area contributed by atoms with E-state index >= 15 is 0 Å². The molecule has 6 atom stereocenters. The van der Waals surface area contributed by atoms with Crippen molar-refractivity contribution in [2.24, 2.45) is 0 Å². The van der Waals surface area contributed by atoms with E-state index in [1.54, 1.807) is 46.8 Å². The molecule has 0 saturated carbocycles. The average Bonchev–Trinajstić information content (AvgIpc) is 3.90. The van der Waals surface area contributed by atoms with Gasteiger partial charge in [0.2, 0.25) is 0 Å². The summed E-state index contributed by atoms with van der Waals surface area (Å²) in [6.07, 6.45) is -1.69. The van der Waals surface area contributed by atoms with Gasteiger partial charge in [-0.05, 0) is 54.0 Å². The normalized spacial score (nSPS) is 20.6. The van der Waals surface area contributed by atoms with Gasteiger partial charge in [0.1, 0.15) is 36.5 Å². The number of aromatic nitrogens is 6. The number of nitrogens with zero attached hydrogens (tertiary/aromatic N) is 8. The molecule has 6 amide bonds. The smallest absolute Gasteiger partial charge is 0.417 e. The Morgan fingerprint density at radius 2 is 1.27 bits per heavy atom. The second-order valence-electron chi connectivity index (χ2n) is 14.0. The Morgan fingerprint density at radius 3 is 1.80 bits per heavy atom. The van der Waals surface area contributed by atoms with Crippen molar-refractivity contribution in [3.05, 3.63) is 59.7 Å². The molecule has 0 unspecified atom stereocenters. The Morgan fingerprint density at radius 1 is 0.782 bits per heavy atom. The van der Waals surface area contributed by atoms with Gasteiger partial charge in [0.15, 0.2) is 11.4 Å². The van der Waals surface area contributed by atoms with Gasteiger partial charge >= 0.3 is 24.2 Å². The first kappa shape index (κ1) is 39.8. The third-order valence-electron chi connectivity index (χ3n) is 8.49. The van der Waals surface area contributed by atoms with Crippen LogP contribution in [0.3, 0.4) is 0 Å². The van der Waals surface area contributed by atoms with E-state index in [-0.39, 0.29) is 31.1 Å². The molecule has 2 aliphatic rings. The summed E-state index contributed by atoms with van der Waals surface area (Å²) >= 11 is 0. The minimum atomic E-state index is -1.25. The van der Waals surface area contributed by atoms with Crippen LogP contribution in [0.2, 0.25) is 0 Å². The second kappa shape index (κ2) is 16.3. The summed E-state index contributed by atoms with van der Waals surface area (Å²) in [5.41, 5.74) is -0.316. The predicted molar refractivity (Wildman–Crippen MR) is 185 cm³/mol. The number of carbonyl (C=O) groups excluding carboxylic acids is 7. The largest absolute Gasteiger partial charge is 0.456 e. The number of hydrogen-bond donors (Lipinski definition) is 2. The van der Waals surface area contributed by atoms with E-state index in [4.69, 9.17) is 18.9 Å². The maximum Gasteiger partial charge on any atom is 0.417 e. The zero-order valence-corrected chi connectivity index (χ0v) is 31.2. The molecule has 21 heteroatoms. The van der Waals surface area contributed by atoms with Gasteiger partial charge in [-0.15, -0.1) is 10.2 Å². The quantitative estimate of drug-likeness (QED) is 0.196. The van der Waals surface area contributed by atoms with E-state index in [0.717, 1.165) is 15.4 Å². The summed E-state index contributed by atoms with van der Waals surface area (Å²) < 4.78 is 23.6. The fourth-order valence-electron chi connectivity index (χ4n) is 5.70. The summed E-state index contributed by atoms with van der Waals surface area (Å²) in [6, 6.07) is 4.91. The fourth-order valence-corrected chi connectivity index (χ4v) is 5.70. The Labute approximate surface area is 314 Å². The molecule has 5 rings (SSSR count). The molecule has 0 aliphatic carbocycles. The lowest BCUT2D eigenvalue weighted by Crippen LogP contribution is -2.52. The zero-order valence-electron chi connectivity index (χ0n) is 31.2. The number of rotatable bonds is 12. The number of hydrogen-bond acceptors (Lipinski definition) is 15. The lowest BCUT2D eigenvalue weighted by atomic mass is 10.1. The molecule has 2 fully saturated rings. The third-order valence-corrected chi connectivity index (χ3v) is 8.49. The molecule has 2 N–H and O–H groups in total. The van der Waals surface area contributed by atoms with E-state index in [9.17, 15) is 33.6 Å². The van der Waals surface area contributed by atoms with E-state index in [1.165, 1.54) is 35.6 Å². The molecule has 294 valence electrons. The lowest BCUT2D eigenvalue weighted by molar-refractivity contribution is -0.132. The van der Waals surface area contributed by atoms with Crippen molar-refractivity contribution in [1.29, 1.82) is 0 Å². The SMILES string of the molecule is C[C@H](NC(=O)OC(C)(C)C)C(=O)N1C(=O)O[C@@H](C)[C@@H]1Cn1cc(C(=O)N[C@@H](C)C(=O)N2C(=O)O[C@@H](C)[C@@H]2Cn2cc(C(=O)OCc3ccccc3)nn2)nn1. The van der Waals surface area contributed by atoms with Gasteiger partial charge < -0.3 is 29.6 Å². The van der Waals surface area contributed by atoms with Crippen molar-refractivity contribution in [3.8, 4) is 0 Å². The number of imide groups is 2. The molecule has 0 bridgehead atoms. The van der Waals surface area contributed by atoms with Crippen LogP contribution in [0.25, 0.3) is 0 Å². The number of nitrogens with one attached hydrogen (secondary N) is 2. The van der Waals surface area contributed by atoms with Crippen LogP contribution in [0.15, 0.2) is 42.7 Å². The summed E-state index contributed by atoms with van der Waals surface area (Å²) in [5, 5.41) is 20.5. The maximum absolute atomic E-state index is 13.5. The van der Waals surface area contributed by atoms with Gasteiger partial charge in [0.05, 0.1) is 37.6 Å². The summed E-state index contributed by atoms with van der Waals surface area (Å²) in [4.78, 5) is 91.8. The van der Waals surface area contributed by atoms with Crippen LogP contribution in [-0.2, 0) is 48.2 Å². The molecule has 55 heavy (non-hydrogen) atoms. The van der Waals surface area contributed by atoms with Gasteiger partial charge in [0.25, 0.3) is 17.7 Å². The number of benzene rings is 1. The molecule has 2 aliphatic heterocycles. The van der Waals surface area contributed by atoms with Crippen molar-refractivity contribution in [2.75, 3.05) is 0 Å². The standard InChI is InChI=1S/C34H42N10O11/c1-18(28(46)43-26(21(4)53-32(43)50)16-42-14-24(38-40-42)30(48)52-17-22-11-9-8-10-12-22)35-27(45)23-13-41(39-37-23)15-25-20(3)54-33(51)44(25)29(47)19(2)36-31(49)55-34(5,6)7/h8-14,18-21,25-26H,15-17H2,1-7H3,(H,35,45)(H,36,49)/t18-,19-,20-,21-,25-,26-/m0/s1. The molecule has 2 saturated heterocycles. The molecule has 4 heterocycles. The van der Waals surface area contributed by atoms with Gasteiger partial charge in [-0.1, -0.05) is 40.8 Å². The van der Waals surface area contributed by atoms with Gasteiger partial charge in [-0.2, -0.15) is 0 Å². The molecule has 3 aromatic rings. The number of carbonyl (C=O) groups is 7. The first-order valence-electron chi connectivity index (χ1n) is 17.3. The monoisotopic (exact) mass is 766 g/mol. The highest BCUT2D eigenvalue weighted by molar-refractivity contribution is 6.00. The highest BCUT2D eigenvalue weighted by Crippen LogP contribution is 2.24. The molecule has 0 spiro atoms. The molecule has 2 aromatic heterocycles.